The summed E-state index contributed by atoms with van der Waals surface area (Å²) in [6.45, 7) is 0.551. The number of benzene rings is 1. The zero-order chi connectivity index (χ0) is 14.6. The number of nitrogens with zero attached hydrogens (tertiary/aromatic N) is 4. The molecule has 1 aliphatic heterocycles. The molecule has 0 aliphatic carbocycles. The lowest BCUT2D eigenvalue weighted by Crippen LogP contribution is -2.42. The Labute approximate surface area is 116 Å². The predicted octanol–water partition coefficient (Wildman–Crippen LogP) is 2.43. The van der Waals surface area contributed by atoms with Crippen LogP contribution in [-0.4, -0.2) is 31.9 Å². The van der Waals surface area contributed by atoms with Gasteiger partial charge in [0.15, 0.2) is 0 Å². The minimum Gasteiger partial charge on any atom is -0.212 e. The van der Waals surface area contributed by atoms with E-state index in [0.29, 0.717) is 19.4 Å². The molecule has 0 bridgehead atoms. The molecule has 108 valence electrons. The van der Waals surface area contributed by atoms with Crippen LogP contribution in [0.25, 0.3) is 10.4 Å². The molecule has 0 amide bonds. The van der Waals surface area contributed by atoms with Crippen LogP contribution in [-0.2, 0) is 15.8 Å². The highest BCUT2D eigenvalue weighted by Crippen LogP contribution is 2.20. The first-order valence-electron chi connectivity index (χ1n) is 6.28. The van der Waals surface area contributed by atoms with Crippen LogP contribution in [0.15, 0.2) is 29.4 Å². The summed E-state index contributed by atoms with van der Waals surface area (Å²) < 4.78 is 39.4. The summed E-state index contributed by atoms with van der Waals surface area (Å²) in [5, 5.41) is 3.57. The second-order valence-electron chi connectivity index (χ2n) is 4.71. The van der Waals surface area contributed by atoms with Gasteiger partial charge in [0, 0.05) is 23.6 Å². The van der Waals surface area contributed by atoms with E-state index < -0.39 is 15.8 Å². The summed E-state index contributed by atoms with van der Waals surface area (Å²) in [5.41, 5.74) is 8.57. The second-order valence-corrected chi connectivity index (χ2v) is 6.68. The fourth-order valence-corrected chi connectivity index (χ4v) is 3.86. The number of piperidine rings is 1. The molecule has 0 spiro atoms. The van der Waals surface area contributed by atoms with Gasteiger partial charge in [-0.15, -0.1) is 0 Å². The monoisotopic (exact) mass is 298 g/mol. The van der Waals surface area contributed by atoms with E-state index in [4.69, 9.17) is 5.53 Å². The van der Waals surface area contributed by atoms with Gasteiger partial charge in [-0.05, 0) is 24.4 Å². The molecule has 1 aliphatic rings. The van der Waals surface area contributed by atoms with Gasteiger partial charge >= 0.3 is 0 Å². The van der Waals surface area contributed by atoms with E-state index in [1.165, 1.54) is 22.5 Å². The fraction of sp³-hybridized carbons (Fsp3) is 0.500. The smallest absolute Gasteiger partial charge is 0.212 e. The normalized spacial score (nSPS) is 20.4. The van der Waals surface area contributed by atoms with Crippen molar-refractivity contribution in [2.24, 2.45) is 5.11 Å². The van der Waals surface area contributed by atoms with Crippen molar-refractivity contribution in [3.8, 4) is 0 Å². The summed E-state index contributed by atoms with van der Waals surface area (Å²) in [4.78, 5) is 2.72. The zero-order valence-corrected chi connectivity index (χ0v) is 11.6. The van der Waals surface area contributed by atoms with Crippen molar-refractivity contribution in [1.82, 2.24) is 4.31 Å². The Bertz CT molecular complexity index is 628. The molecule has 8 heteroatoms. The van der Waals surface area contributed by atoms with Crippen LogP contribution in [0.3, 0.4) is 0 Å². The van der Waals surface area contributed by atoms with E-state index in [-0.39, 0.29) is 23.9 Å². The van der Waals surface area contributed by atoms with Crippen LogP contribution in [0.1, 0.15) is 18.4 Å². The molecular weight excluding hydrogens is 283 g/mol. The van der Waals surface area contributed by atoms with Crippen molar-refractivity contribution in [2.75, 3.05) is 13.1 Å². The number of hydrogen-bond donors (Lipinski definition) is 0. The highest BCUT2D eigenvalue weighted by Gasteiger charge is 2.29. The van der Waals surface area contributed by atoms with Gasteiger partial charge in [-0.2, -0.15) is 0 Å². The number of sulfonamides is 1. The first-order chi connectivity index (χ1) is 9.53. The predicted molar refractivity (Wildman–Crippen MR) is 72.8 cm³/mol. The number of halogens is 1. The maximum absolute atomic E-state index is 13.5. The average Bonchev–Trinajstić information content (AvgIpc) is 2.42. The summed E-state index contributed by atoms with van der Waals surface area (Å²) in [6.07, 6.45) is 1.32. The summed E-state index contributed by atoms with van der Waals surface area (Å²) in [5.74, 6) is -0.900. The molecule has 0 N–H and O–H groups in total. The molecule has 0 saturated carbocycles. The number of azide groups is 1. The molecule has 2 rings (SSSR count). The number of rotatable bonds is 4. The van der Waals surface area contributed by atoms with Gasteiger partial charge in [0.25, 0.3) is 0 Å². The largest absolute Gasteiger partial charge is 0.218 e. The van der Waals surface area contributed by atoms with Gasteiger partial charge in [-0.25, -0.2) is 17.1 Å². The van der Waals surface area contributed by atoms with Gasteiger partial charge < -0.3 is 0 Å². The Morgan fingerprint density at radius 1 is 1.45 bits per heavy atom. The van der Waals surface area contributed by atoms with E-state index in [2.05, 4.69) is 10.0 Å². The van der Waals surface area contributed by atoms with Crippen LogP contribution >= 0.6 is 0 Å². The van der Waals surface area contributed by atoms with Gasteiger partial charge in [0.05, 0.1) is 11.8 Å². The van der Waals surface area contributed by atoms with Crippen molar-refractivity contribution < 1.29 is 12.8 Å². The van der Waals surface area contributed by atoms with E-state index in [0.717, 1.165) is 0 Å². The second kappa shape index (κ2) is 6.21. The third-order valence-corrected chi connectivity index (χ3v) is 5.06. The molecule has 1 aromatic carbocycles. The van der Waals surface area contributed by atoms with Crippen molar-refractivity contribution in [2.45, 2.75) is 24.6 Å². The number of hydrogen-bond acceptors (Lipinski definition) is 3. The highest BCUT2D eigenvalue weighted by molar-refractivity contribution is 7.88. The Hall–Kier alpha value is -1.63. The lowest BCUT2D eigenvalue weighted by Gasteiger charge is -2.29. The van der Waals surface area contributed by atoms with Gasteiger partial charge in [0.2, 0.25) is 10.0 Å². The average molecular weight is 298 g/mol. The third kappa shape index (κ3) is 3.47. The van der Waals surface area contributed by atoms with Crippen LogP contribution in [0, 0.1) is 5.82 Å². The van der Waals surface area contributed by atoms with E-state index in [1.54, 1.807) is 6.07 Å². The molecule has 1 unspecified atom stereocenters. The lowest BCUT2D eigenvalue weighted by atomic mass is 10.1. The topological polar surface area (TPSA) is 86.1 Å². The minimum atomic E-state index is -3.60. The molecule has 1 fully saturated rings. The molecular formula is C12H15FN4O2S. The van der Waals surface area contributed by atoms with Crippen molar-refractivity contribution in [3.63, 3.8) is 0 Å². The molecule has 1 aromatic rings. The highest BCUT2D eigenvalue weighted by atomic mass is 32.2. The first kappa shape index (κ1) is 14.8. The Balaban J connectivity index is 2.14. The van der Waals surface area contributed by atoms with Crippen molar-refractivity contribution in [3.05, 3.63) is 46.1 Å². The van der Waals surface area contributed by atoms with E-state index in [1.807, 2.05) is 0 Å². The third-order valence-electron chi connectivity index (χ3n) is 3.26. The maximum atomic E-state index is 13.5. The van der Waals surface area contributed by atoms with Crippen molar-refractivity contribution >= 4 is 10.0 Å². The summed E-state index contributed by atoms with van der Waals surface area (Å²) >= 11 is 0. The van der Waals surface area contributed by atoms with Gasteiger partial charge in [-0.3, -0.25) is 0 Å². The summed E-state index contributed by atoms with van der Waals surface area (Å²) in [7, 11) is -3.60. The van der Waals surface area contributed by atoms with Crippen LogP contribution in [0.5, 0.6) is 0 Å². The fourth-order valence-electron chi connectivity index (χ4n) is 2.24. The van der Waals surface area contributed by atoms with E-state index >= 15 is 0 Å². The van der Waals surface area contributed by atoms with Crippen LogP contribution in [0.2, 0.25) is 0 Å². The molecule has 6 nitrogen and oxygen atoms in total. The van der Waals surface area contributed by atoms with Crippen molar-refractivity contribution in [1.29, 1.82) is 0 Å². The standard InChI is InChI=1S/C12H15FN4O2S/c13-12-6-2-1-4-10(12)9-20(18,19)17-7-3-5-11(8-17)15-16-14/h1-2,4,6,11H,3,5,7-9H2. The lowest BCUT2D eigenvalue weighted by molar-refractivity contribution is 0.315. The van der Waals surface area contributed by atoms with Gasteiger partial charge in [-0.1, -0.05) is 23.3 Å². The SMILES string of the molecule is [N-]=[N+]=NC1CCCN(S(=O)(=O)Cc2ccccc2F)C1. The molecule has 1 saturated heterocycles. The quantitative estimate of drug-likeness (QED) is 0.485. The maximum Gasteiger partial charge on any atom is 0.218 e. The molecule has 0 aromatic heterocycles. The molecule has 0 radical (unpaired) electrons. The Kier molecular flexibility index (Phi) is 4.59. The minimum absolute atomic E-state index is 0.151. The Morgan fingerprint density at radius 3 is 2.90 bits per heavy atom. The molecule has 1 heterocycles. The Morgan fingerprint density at radius 2 is 2.20 bits per heavy atom. The molecule has 1 atom stereocenters. The van der Waals surface area contributed by atoms with E-state index in [9.17, 15) is 12.8 Å². The van der Waals surface area contributed by atoms with Crippen LogP contribution < -0.4 is 0 Å². The molecule has 20 heavy (non-hydrogen) atoms. The summed E-state index contributed by atoms with van der Waals surface area (Å²) in [6, 6.07) is 5.48. The first-order valence-corrected chi connectivity index (χ1v) is 7.89. The van der Waals surface area contributed by atoms with Crippen LogP contribution in [0.4, 0.5) is 4.39 Å². The zero-order valence-electron chi connectivity index (χ0n) is 10.8. The van der Waals surface area contributed by atoms with Gasteiger partial charge in [0.1, 0.15) is 5.82 Å².